The van der Waals surface area contributed by atoms with E-state index in [-0.39, 0.29) is 0 Å². The van der Waals surface area contributed by atoms with Gasteiger partial charge in [0.25, 0.3) is 0 Å². The first-order chi connectivity index (χ1) is 6.85. The molecule has 1 heterocycles. The van der Waals surface area contributed by atoms with Crippen LogP contribution in [0.25, 0.3) is 10.9 Å². The van der Waals surface area contributed by atoms with Crippen molar-refractivity contribution in [3.8, 4) is 0 Å². The second-order valence-electron chi connectivity index (χ2n) is 2.70. The predicted octanol–water partition coefficient (Wildman–Crippen LogP) is 0.201. The van der Waals surface area contributed by atoms with E-state index in [2.05, 4.69) is 20.8 Å². The van der Waals surface area contributed by atoms with Gasteiger partial charge in [-0.1, -0.05) is 12.1 Å². The average molecular weight is 190 g/mol. The summed E-state index contributed by atoms with van der Waals surface area (Å²) in [5.41, 5.74) is 5.65. The molecule has 0 bridgehead atoms. The molecular weight excluding hydrogens is 180 g/mol. The van der Waals surface area contributed by atoms with E-state index in [4.69, 9.17) is 11.7 Å². The van der Waals surface area contributed by atoms with E-state index in [0.29, 0.717) is 11.8 Å². The van der Waals surface area contributed by atoms with Crippen molar-refractivity contribution in [3.63, 3.8) is 0 Å². The second-order valence-corrected chi connectivity index (χ2v) is 2.70. The Morgan fingerprint density at radius 1 is 1.00 bits per heavy atom. The third-order valence-corrected chi connectivity index (χ3v) is 1.87. The minimum absolute atomic E-state index is 0.330. The lowest BCUT2D eigenvalue weighted by Gasteiger charge is -2.06. The van der Waals surface area contributed by atoms with Crippen molar-refractivity contribution in [2.24, 2.45) is 11.7 Å². The van der Waals surface area contributed by atoms with Gasteiger partial charge < -0.3 is 5.43 Å². The molecule has 0 amide bonds. The molecule has 2 rings (SSSR count). The third kappa shape index (κ3) is 1.32. The number of benzene rings is 1. The largest absolute Gasteiger partial charge is 0.308 e. The number of nitrogens with zero attached hydrogens (tertiary/aromatic N) is 2. The number of para-hydroxylation sites is 1. The summed E-state index contributed by atoms with van der Waals surface area (Å²) in [5, 5.41) is 0.856. The van der Waals surface area contributed by atoms with Crippen LogP contribution in [0.1, 0.15) is 0 Å². The van der Waals surface area contributed by atoms with Crippen LogP contribution in [0.3, 0.4) is 0 Å². The van der Waals surface area contributed by atoms with Gasteiger partial charge in [-0.3, -0.25) is 5.43 Å². The number of anilines is 2. The molecule has 0 atom stereocenters. The van der Waals surface area contributed by atoms with Crippen molar-refractivity contribution in [2.45, 2.75) is 0 Å². The molecule has 0 fully saturated rings. The number of hydrazine groups is 2. The minimum atomic E-state index is 0.330. The summed E-state index contributed by atoms with van der Waals surface area (Å²) in [5.74, 6) is 11.4. The van der Waals surface area contributed by atoms with E-state index in [0.717, 1.165) is 10.9 Å². The Bertz CT molecular complexity index is 455. The molecule has 0 aliphatic carbocycles. The Hall–Kier alpha value is -1.92. The summed E-state index contributed by atoms with van der Waals surface area (Å²) in [7, 11) is 0. The quantitative estimate of drug-likeness (QED) is 0.398. The van der Waals surface area contributed by atoms with Gasteiger partial charge in [0.15, 0.2) is 5.82 Å². The fourth-order valence-corrected chi connectivity index (χ4v) is 1.25. The van der Waals surface area contributed by atoms with Crippen LogP contribution >= 0.6 is 0 Å². The molecule has 0 aliphatic rings. The van der Waals surface area contributed by atoms with Crippen LogP contribution in [0.4, 0.5) is 11.8 Å². The molecular formula is C8H10N6. The van der Waals surface area contributed by atoms with E-state index in [1.165, 1.54) is 0 Å². The van der Waals surface area contributed by atoms with Crippen LogP contribution < -0.4 is 22.5 Å². The number of rotatable bonds is 2. The first kappa shape index (κ1) is 8.67. The Balaban J connectivity index is 2.73. The zero-order chi connectivity index (χ0) is 9.97. The predicted molar refractivity (Wildman–Crippen MR) is 55.2 cm³/mol. The Morgan fingerprint density at radius 2 is 1.79 bits per heavy atom. The molecule has 1 aromatic carbocycles. The van der Waals surface area contributed by atoms with Gasteiger partial charge in [0, 0.05) is 5.39 Å². The summed E-state index contributed by atoms with van der Waals surface area (Å²) in [6.45, 7) is 0. The standard InChI is InChI=1S/C8H10N6/c9-13-7-5-3-1-2-4-6(5)11-8(12-7)14-10/h1-4H,9-10H2,(H2,11,12,13,14). The van der Waals surface area contributed by atoms with Gasteiger partial charge in [0.1, 0.15) is 0 Å². The normalized spacial score (nSPS) is 10.1. The zero-order valence-electron chi connectivity index (χ0n) is 7.36. The lowest BCUT2D eigenvalue weighted by atomic mass is 10.2. The van der Waals surface area contributed by atoms with Gasteiger partial charge in [-0.15, -0.1) is 0 Å². The number of fused-ring (bicyclic) bond motifs is 1. The van der Waals surface area contributed by atoms with Crippen molar-refractivity contribution in [1.82, 2.24) is 9.97 Å². The van der Waals surface area contributed by atoms with Crippen LogP contribution in [-0.2, 0) is 0 Å². The second kappa shape index (κ2) is 3.44. The van der Waals surface area contributed by atoms with Gasteiger partial charge in [-0.05, 0) is 12.1 Å². The third-order valence-electron chi connectivity index (χ3n) is 1.87. The fourth-order valence-electron chi connectivity index (χ4n) is 1.25. The molecule has 0 spiro atoms. The molecule has 0 aliphatic heterocycles. The molecule has 0 saturated heterocycles. The van der Waals surface area contributed by atoms with Crippen molar-refractivity contribution in [3.05, 3.63) is 24.3 Å². The Labute approximate surface area is 80.3 Å². The number of aromatic nitrogens is 2. The molecule has 6 nitrogen and oxygen atoms in total. The molecule has 2 aromatic rings. The van der Waals surface area contributed by atoms with Gasteiger partial charge in [0.05, 0.1) is 5.52 Å². The maximum atomic E-state index is 5.33. The van der Waals surface area contributed by atoms with Crippen LogP contribution in [0, 0.1) is 0 Å². The van der Waals surface area contributed by atoms with E-state index in [1.807, 2.05) is 24.3 Å². The van der Waals surface area contributed by atoms with Crippen molar-refractivity contribution < 1.29 is 0 Å². The summed E-state index contributed by atoms with van der Waals surface area (Å²) < 4.78 is 0. The maximum absolute atomic E-state index is 5.33. The summed E-state index contributed by atoms with van der Waals surface area (Å²) in [6, 6.07) is 7.52. The molecule has 1 aromatic heterocycles. The number of nitrogen functional groups attached to an aromatic ring is 2. The lowest BCUT2D eigenvalue weighted by molar-refractivity contribution is 1.13. The fraction of sp³-hybridized carbons (Fsp3) is 0. The van der Waals surface area contributed by atoms with Gasteiger partial charge in [-0.25, -0.2) is 16.7 Å². The smallest absolute Gasteiger partial charge is 0.239 e. The van der Waals surface area contributed by atoms with Crippen molar-refractivity contribution >= 4 is 22.7 Å². The summed E-state index contributed by atoms with van der Waals surface area (Å²) >= 11 is 0. The summed E-state index contributed by atoms with van der Waals surface area (Å²) in [4.78, 5) is 8.21. The Kier molecular flexibility index (Phi) is 2.13. The van der Waals surface area contributed by atoms with Crippen LogP contribution in [0.15, 0.2) is 24.3 Å². The van der Waals surface area contributed by atoms with Gasteiger partial charge in [0.2, 0.25) is 5.95 Å². The highest BCUT2D eigenvalue weighted by Crippen LogP contribution is 2.20. The summed E-state index contributed by atoms with van der Waals surface area (Å²) in [6.07, 6.45) is 0. The van der Waals surface area contributed by atoms with Crippen molar-refractivity contribution in [2.75, 3.05) is 10.9 Å². The van der Waals surface area contributed by atoms with E-state index in [1.54, 1.807) is 0 Å². The number of nitrogens with two attached hydrogens (primary N) is 2. The molecule has 14 heavy (non-hydrogen) atoms. The van der Waals surface area contributed by atoms with E-state index in [9.17, 15) is 0 Å². The lowest BCUT2D eigenvalue weighted by Crippen LogP contribution is -2.14. The zero-order valence-corrected chi connectivity index (χ0v) is 7.36. The number of hydrogen-bond donors (Lipinski definition) is 4. The average Bonchev–Trinajstić information content (AvgIpc) is 2.27. The number of hydrogen-bond acceptors (Lipinski definition) is 6. The van der Waals surface area contributed by atoms with Crippen molar-refractivity contribution in [1.29, 1.82) is 0 Å². The van der Waals surface area contributed by atoms with Crippen LogP contribution in [-0.4, -0.2) is 9.97 Å². The first-order valence-corrected chi connectivity index (χ1v) is 4.05. The maximum Gasteiger partial charge on any atom is 0.239 e. The van der Waals surface area contributed by atoms with Crippen LogP contribution in [0.2, 0.25) is 0 Å². The highest BCUT2D eigenvalue weighted by molar-refractivity contribution is 5.89. The molecule has 6 heteroatoms. The topological polar surface area (TPSA) is 102 Å². The first-order valence-electron chi connectivity index (χ1n) is 4.05. The molecule has 72 valence electrons. The van der Waals surface area contributed by atoms with E-state index >= 15 is 0 Å². The Morgan fingerprint density at radius 3 is 2.50 bits per heavy atom. The van der Waals surface area contributed by atoms with E-state index < -0.39 is 0 Å². The number of nitrogens with one attached hydrogen (secondary N) is 2. The molecule has 0 radical (unpaired) electrons. The molecule has 0 saturated carbocycles. The van der Waals surface area contributed by atoms with Gasteiger partial charge in [-0.2, -0.15) is 4.98 Å². The molecule has 0 unspecified atom stereocenters. The monoisotopic (exact) mass is 190 g/mol. The molecule has 6 N–H and O–H groups in total. The minimum Gasteiger partial charge on any atom is -0.308 e. The van der Waals surface area contributed by atoms with Crippen LogP contribution in [0.5, 0.6) is 0 Å². The highest BCUT2D eigenvalue weighted by atomic mass is 15.3. The highest BCUT2D eigenvalue weighted by Gasteiger charge is 2.04. The SMILES string of the molecule is NNc1nc(NN)c2ccccc2n1. The van der Waals surface area contributed by atoms with Gasteiger partial charge >= 0.3 is 0 Å².